The number of anilines is 3. The lowest BCUT2D eigenvalue weighted by Gasteiger charge is -2.11. The Kier molecular flexibility index (Phi) is 4.04. The first-order valence-corrected chi connectivity index (χ1v) is 6.18. The summed E-state index contributed by atoms with van der Waals surface area (Å²) in [6, 6.07) is 5.06. The molecule has 0 unspecified atom stereocenters. The smallest absolute Gasteiger partial charge is 0.160 e. The van der Waals surface area contributed by atoms with Crippen molar-refractivity contribution in [3.63, 3.8) is 0 Å². The van der Waals surface area contributed by atoms with Gasteiger partial charge in [0, 0.05) is 11.8 Å². The minimum absolute atomic E-state index is 0.0870. The highest BCUT2D eigenvalue weighted by molar-refractivity contribution is 6.35. The van der Waals surface area contributed by atoms with E-state index < -0.39 is 11.6 Å². The first-order chi connectivity index (χ1) is 8.88. The second-order valence-corrected chi connectivity index (χ2v) is 4.95. The van der Waals surface area contributed by atoms with Gasteiger partial charge in [-0.1, -0.05) is 34.8 Å². The summed E-state index contributed by atoms with van der Waals surface area (Å²) in [5.41, 5.74) is 6.57. The zero-order chi connectivity index (χ0) is 14.2. The third-order valence-electron chi connectivity index (χ3n) is 2.36. The zero-order valence-electron chi connectivity index (χ0n) is 9.28. The highest BCUT2D eigenvalue weighted by atomic mass is 35.5. The molecule has 0 aromatic heterocycles. The minimum atomic E-state index is -0.709. The van der Waals surface area contributed by atoms with Crippen molar-refractivity contribution in [2.45, 2.75) is 0 Å². The highest BCUT2D eigenvalue weighted by Gasteiger charge is 2.10. The van der Waals surface area contributed by atoms with Gasteiger partial charge in [0.25, 0.3) is 0 Å². The summed E-state index contributed by atoms with van der Waals surface area (Å²) in [5.74, 6) is -1.33. The first kappa shape index (κ1) is 14.2. The van der Waals surface area contributed by atoms with Gasteiger partial charge in [-0.2, -0.15) is 0 Å². The highest BCUT2D eigenvalue weighted by Crippen LogP contribution is 2.32. The van der Waals surface area contributed by atoms with Crippen LogP contribution in [0, 0.1) is 11.6 Å². The molecule has 0 radical (unpaired) electrons. The average molecular weight is 324 g/mol. The Morgan fingerprint density at radius 1 is 0.895 bits per heavy atom. The van der Waals surface area contributed by atoms with E-state index in [1.165, 1.54) is 18.2 Å². The van der Waals surface area contributed by atoms with E-state index in [0.717, 1.165) is 6.07 Å². The van der Waals surface area contributed by atoms with Crippen LogP contribution in [0.15, 0.2) is 24.3 Å². The summed E-state index contributed by atoms with van der Waals surface area (Å²) in [7, 11) is 0. The Balaban J connectivity index is 2.39. The maximum atomic E-state index is 13.3. The van der Waals surface area contributed by atoms with Crippen molar-refractivity contribution in [1.29, 1.82) is 0 Å². The molecule has 0 atom stereocenters. The molecular formula is C12H7Cl3F2N2. The Morgan fingerprint density at radius 3 is 2.05 bits per heavy atom. The third kappa shape index (κ3) is 3.03. The average Bonchev–Trinajstić information content (AvgIpc) is 2.33. The molecule has 0 spiro atoms. The first-order valence-electron chi connectivity index (χ1n) is 5.04. The molecule has 0 aliphatic rings. The van der Waals surface area contributed by atoms with Gasteiger partial charge in [-0.05, 0) is 18.2 Å². The molecule has 0 saturated heterocycles. The number of nitrogen functional groups attached to an aromatic ring is 1. The number of nitrogens with two attached hydrogens (primary N) is 1. The Morgan fingerprint density at radius 2 is 1.47 bits per heavy atom. The predicted octanol–water partition coefficient (Wildman–Crippen LogP) is 5.25. The second kappa shape index (κ2) is 5.41. The van der Waals surface area contributed by atoms with Crippen LogP contribution in [-0.4, -0.2) is 0 Å². The van der Waals surface area contributed by atoms with Crippen LogP contribution in [0.2, 0.25) is 15.1 Å². The van der Waals surface area contributed by atoms with Crippen molar-refractivity contribution in [2.75, 3.05) is 11.1 Å². The topological polar surface area (TPSA) is 38.0 Å². The molecule has 2 rings (SSSR count). The molecule has 2 aromatic carbocycles. The van der Waals surface area contributed by atoms with E-state index in [-0.39, 0.29) is 20.8 Å². The van der Waals surface area contributed by atoms with E-state index in [1.807, 2.05) is 0 Å². The zero-order valence-corrected chi connectivity index (χ0v) is 11.5. The lowest BCUT2D eigenvalue weighted by atomic mass is 10.2. The molecule has 7 heteroatoms. The SMILES string of the molecule is Nc1cc(F)c(Cl)cc1Nc1cc(Cl)c(F)c(Cl)c1. The summed E-state index contributed by atoms with van der Waals surface area (Å²) >= 11 is 17.0. The van der Waals surface area contributed by atoms with Crippen molar-refractivity contribution in [1.82, 2.24) is 0 Å². The van der Waals surface area contributed by atoms with Gasteiger partial charge in [-0.25, -0.2) is 8.78 Å². The molecule has 0 fully saturated rings. The van der Waals surface area contributed by atoms with Crippen molar-refractivity contribution < 1.29 is 8.78 Å². The molecule has 0 amide bonds. The summed E-state index contributed by atoms with van der Waals surface area (Å²) in [5, 5.41) is 2.48. The Bertz CT molecular complexity index is 624. The molecule has 0 saturated carbocycles. The van der Waals surface area contributed by atoms with E-state index >= 15 is 0 Å². The Hall–Kier alpha value is -1.23. The van der Waals surface area contributed by atoms with Crippen LogP contribution in [0.5, 0.6) is 0 Å². The summed E-state index contributed by atoms with van der Waals surface area (Å²) in [4.78, 5) is 0. The van der Waals surface area contributed by atoms with E-state index in [0.29, 0.717) is 11.4 Å². The second-order valence-electron chi connectivity index (χ2n) is 3.73. The quantitative estimate of drug-likeness (QED) is 0.585. The summed E-state index contributed by atoms with van der Waals surface area (Å²) in [6.45, 7) is 0. The van der Waals surface area contributed by atoms with Crippen molar-refractivity contribution in [3.05, 3.63) is 51.0 Å². The fourth-order valence-electron chi connectivity index (χ4n) is 1.45. The molecule has 19 heavy (non-hydrogen) atoms. The van der Waals surface area contributed by atoms with E-state index in [1.54, 1.807) is 0 Å². The van der Waals surface area contributed by atoms with Gasteiger partial charge in [-0.15, -0.1) is 0 Å². The maximum Gasteiger partial charge on any atom is 0.160 e. The van der Waals surface area contributed by atoms with E-state index in [4.69, 9.17) is 40.5 Å². The van der Waals surface area contributed by atoms with Crippen molar-refractivity contribution in [2.24, 2.45) is 0 Å². The van der Waals surface area contributed by atoms with Gasteiger partial charge in [0.1, 0.15) is 5.82 Å². The van der Waals surface area contributed by atoms with Crippen LogP contribution in [0.1, 0.15) is 0 Å². The molecule has 3 N–H and O–H groups in total. The lowest BCUT2D eigenvalue weighted by molar-refractivity contribution is 0.629. The number of halogens is 5. The number of rotatable bonds is 2. The van der Waals surface area contributed by atoms with Crippen LogP contribution >= 0.6 is 34.8 Å². The molecule has 2 nitrogen and oxygen atoms in total. The van der Waals surface area contributed by atoms with Crippen molar-refractivity contribution in [3.8, 4) is 0 Å². The Labute approximate surface area is 123 Å². The molecular weight excluding hydrogens is 317 g/mol. The molecule has 0 heterocycles. The lowest BCUT2D eigenvalue weighted by Crippen LogP contribution is -1.98. The molecule has 0 aliphatic carbocycles. The molecule has 100 valence electrons. The monoisotopic (exact) mass is 322 g/mol. The summed E-state index contributed by atoms with van der Waals surface area (Å²) in [6.07, 6.45) is 0. The fraction of sp³-hybridized carbons (Fsp3) is 0. The van der Waals surface area contributed by atoms with E-state index in [9.17, 15) is 8.78 Å². The molecule has 2 aromatic rings. The van der Waals surface area contributed by atoms with Gasteiger partial charge in [0.15, 0.2) is 5.82 Å². The normalized spacial score (nSPS) is 10.6. The summed E-state index contributed by atoms with van der Waals surface area (Å²) < 4.78 is 26.4. The minimum Gasteiger partial charge on any atom is -0.397 e. The van der Waals surface area contributed by atoms with Crippen LogP contribution < -0.4 is 11.1 Å². The number of benzene rings is 2. The maximum absolute atomic E-state index is 13.3. The number of nitrogens with one attached hydrogen (secondary N) is 1. The third-order valence-corrected chi connectivity index (χ3v) is 3.19. The van der Waals surface area contributed by atoms with Crippen LogP contribution in [0.25, 0.3) is 0 Å². The van der Waals surface area contributed by atoms with Gasteiger partial charge in [0.2, 0.25) is 0 Å². The predicted molar refractivity (Wildman–Crippen MR) is 75.5 cm³/mol. The largest absolute Gasteiger partial charge is 0.397 e. The molecule has 0 aliphatic heterocycles. The van der Waals surface area contributed by atoms with E-state index in [2.05, 4.69) is 5.32 Å². The van der Waals surface area contributed by atoms with Gasteiger partial charge in [0.05, 0.1) is 26.4 Å². The number of hydrogen-bond acceptors (Lipinski definition) is 2. The van der Waals surface area contributed by atoms with Crippen LogP contribution in [0.3, 0.4) is 0 Å². The van der Waals surface area contributed by atoms with Gasteiger partial charge < -0.3 is 11.1 Å². The fourth-order valence-corrected chi connectivity index (χ4v) is 2.10. The number of hydrogen-bond donors (Lipinski definition) is 2. The van der Waals surface area contributed by atoms with Crippen LogP contribution in [0.4, 0.5) is 25.8 Å². The van der Waals surface area contributed by atoms with Gasteiger partial charge >= 0.3 is 0 Å². The van der Waals surface area contributed by atoms with Crippen molar-refractivity contribution >= 4 is 51.9 Å². The van der Waals surface area contributed by atoms with Crippen LogP contribution in [-0.2, 0) is 0 Å². The van der Waals surface area contributed by atoms with Gasteiger partial charge in [-0.3, -0.25) is 0 Å². The molecule has 0 bridgehead atoms. The standard InChI is InChI=1S/C12H7Cl3F2N2/c13-6-3-11(10(18)4-9(6)16)19-5-1-7(14)12(17)8(15)2-5/h1-4,19H,18H2.